The highest BCUT2D eigenvalue weighted by Crippen LogP contribution is 2.30. The molecule has 5 heteroatoms. The van der Waals surface area contributed by atoms with Crippen molar-refractivity contribution in [2.24, 2.45) is 0 Å². The fraction of sp³-hybridized carbons (Fsp3) is 0.583. The van der Waals surface area contributed by atoms with Gasteiger partial charge in [-0.05, 0) is 18.9 Å². The molecule has 2 heterocycles. The molecule has 0 bridgehead atoms. The standard InChI is InChI=1S/C12H17ClN4/c13-11-7-9(14)8-15-12(11)17-5-3-16(4-6-17)10-1-2-10/h7-8,10H,1-6,14H2. The molecule has 2 aliphatic rings. The summed E-state index contributed by atoms with van der Waals surface area (Å²) in [6.07, 6.45) is 4.43. The van der Waals surface area contributed by atoms with Gasteiger partial charge in [-0.1, -0.05) is 11.6 Å². The third-order valence-corrected chi connectivity index (χ3v) is 3.80. The van der Waals surface area contributed by atoms with Crippen molar-refractivity contribution in [2.45, 2.75) is 18.9 Å². The van der Waals surface area contributed by atoms with Gasteiger partial charge >= 0.3 is 0 Å². The van der Waals surface area contributed by atoms with Crippen molar-refractivity contribution in [3.63, 3.8) is 0 Å². The predicted molar refractivity (Wildman–Crippen MR) is 70.5 cm³/mol. The third-order valence-electron chi connectivity index (χ3n) is 3.52. The van der Waals surface area contributed by atoms with Gasteiger partial charge in [0.15, 0.2) is 0 Å². The Balaban J connectivity index is 1.68. The molecule has 0 unspecified atom stereocenters. The number of anilines is 2. The molecule has 92 valence electrons. The monoisotopic (exact) mass is 252 g/mol. The second-order valence-electron chi connectivity index (χ2n) is 4.83. The summed E-state index contributed by atoms with van der Waals surface area (Å²) < 4.78 is 0. The molecule has 1 saturated carbocycles. The quantitative estimate of drug-likeness (QED) is 0.869. The van der Waals surface area contributed by atoms with E-state index in [-0.39, 0.29) is 0 Å². The van der Waals surface area contributed by atoms with E-state index >= 15 is 0 Å². The molecule has 0 aromatic carbocycles. The van der Waals surface area contributed by atoms with Gasteiger partial charge in [0.1, 0.15) is 5.82 Å². The maximum Gasteiger partial charge on any atom is 0.147 e. The van der Waals surface area contributed by atoms with Crippen LogP contribution in [0.15, 0.2) is 12.3 Å². The number of nitrogens with two attached hydrogens (primary N) is 1. The molecule has 17 heavy (non-hydrogen) atoms. The highest BCUT2D eigenvalue weighted by atomic mass is 35.5. The molecule has 1 aliphatic heterocycles. The van der Waals surface area contributed by atoms with E-state index in [1.165, 1.54) is 12.8 Å². The van der Waals surface area contributed by atoms with E-state index < -0.39 is 0 Å². The van der Waals surface area contributed by atoms with Crippen LogP contribution in [0.1, 0.15) is 12.8 Å². The minimum Gasteiger partial charge on any atom is -0.397 e. The second kappa shape index (κ2) is 4.35. The van der Waals surface area contributed by atoms with Crippen LogP contribution >= 0.6 is 11.6 Å². The Morgan fingerprint density at radius 1 is 1.24 bits per heavy atom. The minimum absolute atomic E-state index is 0.621. The Morgan fingerprint density at radius 3 is 2.53 bits per heavy atom. The van der Waals surface area contributed by atoms with Gasteiger partial charge < -0.3 is 10.6 Å². The van der Waals surface area contributed by atoms with Gasteiger partial charge in [0.25, 0.3) is 0 Å². The SMILES string of the molecule is Nc1cnc(N2CCN(C3CC3)CC2)c(Cl)c1. The van der Waals surface area contributed by atoms with Crippen LogP contribution < -0.4 is 10.6 Å². The summed E-state index contributed by atoms with van der Waals surface area (Å²) in [6.45, 7) is 4.25. The van der Waals surface area contributed by atoms with E-state index in [1.807, 2.05) is 0 Å². The Bertz CT molecular complexity index is 411. The van der Waals surface area contributed by atoms with Crippen LogP contribution in [0.5, 0.6) is 0 Å². The first-order valence-corrected chi connectivity index (χ1v) is 6.52. The van der Waals surface area contributed by atoms with Crippen molar-refractivity contribution in [2.75, 3.05) is 36.8 Å². The summed E-state index contributed by atoms with van der Waals surface area (Å²) in [5.74, 6) is 0.872. The van der Waals surface area contributed by atoms with Gasteiger partial charge in [-0.15, -0.1) is 0 Å². The van der Waals surface area contributed by atoms with Gasteiger partial charge in [-0.2, -0.15) is 0 Å². The molecular formula is C12H17ClN4. The first-order valence-electron chi connectivity index (χ1n) is 6.14. The largest absolute Gasteiger partial charge is 0.397 e. The Hall–Kier alpha value is -1.00. The zero-order valence-electron chi connectivity index (χ0n) is 9.77. The number of halogens is 1. The van der Waals surface area contributed by atoms with Gasteiger partial charge in [0.2, 0.25) is 0 Å². The number of rotatable bonds is 2. The molecule has 1 saturated heterocycles. The Kier molecular flexibility index (Phi) is 2.84. The number of hydrogen-bond donors (Lipinski definition) is 1. The van der Waals surface area contributed by atoms with E-state index in [1.54, 1.807) is 12.3 Å². The predicted octanol–water partition coefficient (Wildman–Crippen LogP) is 1.60. The molecule has 4 nitrogen and oxygen atoms in total. The fourth-order valence-electron chi connectivity index (χ4n) is 2.42. The lowest BCUT2D eigenvalue weighted by Gasteiger charge is -2.35. The summed E-state index contributed by atoms with van der Waals surface area (Å²) in [4.78, 5) is 9.16. The summed E-state index contributed by atoms with van der Waals surface area (Å²) in [5.41, 5.74) is 6.27. The van der Waals surface area contributed by atoms with Crippen LogP contribution in [0.4, 0.5) is 11.5 Å². The van der Waals surface area contributed by atoms with Crippen LogP contribution in [0.3, 0.4) is 0 Å². The molecule has 0 radical (unpaired) electrons. The molecular weight excluding hydrogens is 236 g/mol. The number of hydrogen-bond acceptors (Lipinski definition) is 4. The Morgan fingerprint density at radius 2 is 1.94 bits per heavy atom. The summed E-state index contributed by atoms with van der Waals surface area (Å²) in [5, 5.41) is 0.657. The number of nitrogen functional groups attached to an aromatic ring is 1. The molecule has 2 N–H and O–H groups in total. The second-order valence-corrected chi connectivity index (χ2v) is 5.24. The lowest BCUT2D eigenvalue weighted by Crippen LogP contribution is -2.47. The van der Waals surface area contributed by atoms with Crippen LogP contribution in [-0.2, 0) is 0 Å². The number of nitrogens with zero attached hydrogens (tertiary/aromatic N) is 3. The van der Waals surface area contributed by atoms with E-state index in [2.05, 4.69) is 14.8 Å². The number of aromatic nitrogens is 1. The van der Waals surface area contributed by atoms with Gasteiger partial charge in [-0.25, -0.2) is 4.98 Å². The smallest absolute Gasteiger partial charge is 0.147 e. The first kappa shape index (κ1) is 11.1. The maximum atomic E-state index is 6.18. The van der Waals surface area contributed by atoms with Crippen molar-refractivity contribution in [1.29, 1.82) is 0 Å². The lowest BCUT2D eigenvalue weighted by atomic mass is 10.3. The van der Waals surface area contributed by atoms with Crippen LogP contribution in [0.2, 0.25) is 5.02 Å². The first-order chi connectivity index (χ1) is 8.24. The topological polar surface area (TPSA) is 45.4 Å². The van der Waals surface area contributed by atoms with E-state index in [9.17, 15) is 0 Å². The molecule has 1 aromatic rings. The number of piperazine rings is 1. The van der Waals surface area contributed by atoms with Gasteiger partial charge in [-0.3, -0.25) is 4.90 Å². The van der Waals surface area contributed by atoms with E-state index in [0.717, 1.165) is 38.0 Å². The van der Waals surface area contributed by atoms with Crippen LogP contribution in [-0.4, -0.2) is 42.1 Å². The fourth-order valence-corrected chi connectivity index (χ4v) is 2.71. The molecule has 2 fully saturated rings. The Labute approximate surface area is 106 Å². The van der Waals surface area contributed by atoms with Crippen LogP contribution in [0, 0.1) is 0 Å². The normalized spacial score (nSPS) is 21.8. The minimum atomic E-state index is 0.621. The van der Waals surface area contributed by atoms with Gasteiger partial charge in [0, 0.05) is 32.2 Å². The highest BCUT2D eigenvalue weighted by molar-refractivity contribution is 6.33. The average molecular weight is 253 g/mol. The average Bonchev–Trinajstić information content (AvgIpc) is 3.13. The van der Waals surface area contributed by atoms with Crippen molar-refractivity contribution in [3.05, 3.63) is 17.3 Å². The third kappa shape index (κ3) is 2.33. The van der Waals surface area contributed by atoms with Crippen molar-refractivity contribution < 1.29 is 0 Å². The molecule has 1 aromatic heterocycles. The molecule has 0 atom stereocenters. The van der Waals surface area contributed by atoms with Crippen molar-refractivity contribution in [1.82, 2.24) is 9.88 Å². The number of pyridine rings is 1. The summed E-state index contributed by atoms with van der Waals surface area (Å²) >= 11 is 6.18. The lowest BCUT2D eigenvalue weighted by molar-refractivity contribution is 0.247. The zero-order chi connectivity index (χ0) is 11.8. The van der Waals surface area contributed by atoms with Crippen molar-refractivity contribution in [3.8, 4) is 0 Å². The van der Waals surface area contributed by atoms with E-state index in [4.69, 9.17) is 17.3 Å². The van der Waals surface area contributed by atoms with E-state index in [0.29, 0.717) is 10.7 Å². The van der Waals surface area contributed by atoms with Crippen LogP contribution in [0.25, 0.3) is 0 Å². The van der Waals surface area contributed by atoms with Gasteiger partial charge in [0.05, 0.1) is 16.9 Å². The molecule has 3 rings (SSSR count). The van der Waals surface area contributed by atoms with Crippen molar-refractivity contribution >= 4 is 23.1 Å². The summed E-state index contributed by atoms with van der Waals surface area (Å²) in [6, 6.07) is 2.63. The summed E-state index contributed by atoms with van der Waals surface area (Å²) in [7, 11) is 0. The maximum absolute atomic E-state index is 6.18. The highest BCUT2D eigenvalue weighted by Gasteiger charge is 2.31. The molecule has 1 aliphatic carbocycles. The molecule has 0 amide bonds. The zero-order valence-corrected chi connectivity index (χ0v) is 10.5. The molecule has 0 spiro atoms.